The Morgan fingerprint density at radius 1 is 1.36 bits per heavy atom. The van der Waals surface area contributed by atoms with Crippen LogP contribution in [0.4, 0.5) is 13.6 Å². The minimum Gasteiger partial charge on any atom is -0.444 e. The van der Waals surface area contributed by atoms with E-state index in [1.54, 1.807) is 20.8 Å². The lowest BCUT2D eigenvalue weighted by Crippen LogP contribution is -2.53. The summed E-state index contributed by atoms with van der Waals surface area (Å²) in [6, 6.07) is 3.40. The maximum absolute atomic E-state index is 14.0. The number of halogens is 2. The number of hydrogen-bond acceptors (Lipinski definition) is 4. The molecule has 0 aromatic heterocycles. The van der Waals surface area contributed by atoms with Crippen LogP contribution in [0.15, 0.2) is 42.0 Å². The van der Waals surface area contributed by atoms with Gasteiger partial charge in [0.05, 0.1) is 17.0 Å². The number of carbonyl (C=O) groups is 1. The second kappa shape index (κ2) is 6.65. The zero-order chi connectivity index (χ0) is 20.9. The van der Waals surface area contributed by atoms with Crippen LogP contribution in [-0.4, -0.2) is 28.7 Å². The van der Waals surface area contributed by atoms with Crippen molar-refractivity contribution >= 4 is 17.5 Å². The molecule has 1 aromatic rings. The maximum atomic E-state index is 14.0. The number of fused-ring (bicyclic) bond motifs is 2. The fourth-order valence-electron chi connectivity index (χ4n) is 3.88. The summed E-state index contributed by atoms with van der Waals surface area (Å²) in [5, 5.41) is 19.5. The van der Waals surface area contributed by atoms with Crippen molar-refractivity contribution in [3.05, 3.63) is 59.2 Å². The molecule has 2 bridgehead atoms. The van der Waals surface area contributed by atoms with Crippen LogP contribution >= 0.6 is 0 Å². The molecule has 1 aromatic carbocycles. The normalized spacial score (nSPS) is 25.3. The maximum Gasteiger partial charge on any atom is 0.408 e. The Morgan fingerprint density at radius 3 is 2.54 bits per heavy atom. The first-order chi connectivity index (χ1) is 13.0. The van der Waals surface area contributed by atoms with Gasteiger partial charge in [-0.05, 0) is 63.0 Å². The first-order valence-corrected chi connectivity index (χ1v) is 9.00. The summed E-state index contributed by atoms with van der Waals surface area (Å²) in [5.74, 6) is -1.92. The molecule has 0 saturated heterocycles. The number of hydrogen-bond donors (Lipinski definition) is 3. The number of allylic oxidation sites excluding steroid dienone is 1. The molecule has 3 rings (SSSR count). The Balaban J connectivity index is 1.91. The molecule has 28 heavy (non-hydrogen) atoms. The molecule has 2 fully saturated rings. The van der Waals surface area contributed by atoms with Crippen LogP contribution in [0, 0.1) is 28.4 Å². The van der Waals surface area contributed by atoms with Crippen LogP contribution in [0.5, 0.6) is 0 Å². The second-order valence-electron chi connectivity index (χ2n) is 8.13. The van der Waals surface area contributed by atoms with E-state index in [4.69, 9.17) is 15.6 Å². The van der Waals surface area contributed by atoms with Gasteiger partial charge < -0.3 is 20.9 Å². The molecule has 0 spiro atoms. The summed E-state index contributed by atoms with van der Waals surface area (Å²) in [7, 11) is 0. The average Bonchev–Trinajstić information content (AvgIpc) is 2.95. The van der Waals surface area contributed by atoms with E-state index < -0.39 is 34.4 Å². The average molecular weight is 387 g/mol. The van der Waals surface area contributed by atoms with E-state index in [0.717, 1.165) is 12.1 Å². The fraction of sp³-hybridized carbons (Fsp3) is 0.381. The van der Waals surface area contributed by atoms with E-state index in [0.29, 0.717) is 24.0 Å². The first kappa shape index (κ1) is 19.9. The fourth-order valence-corrected chi connectivity index (χ4v) is 3.88. The van der Waals surface area contributed by atoms with E-state index in [1.165, 1.54) is 12.1 Å². The predicted molar refractivity (Wildman–Crippen MR) is 103 cm³/mol. The Hall–Kier alpha value is -2.83. The molecule has 0 heterocycles. The van der Waals surface area contributed by atoms with Crippen LogP contribution in [-0.2, 0) is 4.74 Å². The number of benzene rings is 1. The highest BCUT2D eigenvalue weighted by molar-refractivity contribution is 6.19. The summed E-state index contributed by atoms with van der Waals surface area (Å²) in [6.45, 7) is 9.27. The van der Waals surface area contributed by atoms with Crippen molar-refractivity contribution in [2.24, 2.45) is 5.92 Å². The smallest absolute Gasteiger partial charge is 0.408 e. The van der Waals surface area contributed by atoms with E-state index in [9.17, 15) is 13.6 Å². The lowest BCUT2D eigenvalue weighted by molar-refractivity contribution is 0.0498. The van der Waals surface area contributed by atoms with Crippen molar-refractivity contribution in [3.63, 3.8) is 0 Å². The standard InChI is InChI=1S/C21H23F2N3O2/c1-11-12-8-9-21(11,26-19(27)28-20(2,3)4)18(25)13(12)10-16(24)17-14(22)6-5-7-15(17)23/h5-7,10,12,24-25H,1,8-9H2,2-4H3,(H,26,27)/b13-10-,24-16?,25-18?/t12-,21-/m0/s1. The van der Waals surface area contributed by atoms with Gasteiger partial charge >= 0.3 is 6.09 Å². The Labute approximate surface area is 162 Å². The van der Waals surface area contributed by atoms with Gasteiger partial charge in [0.15, 0.2) is 0 Å². The summed E-state index contributed by atoms with van der Waals surface area (Å²) >= 11 is 0. The van der Waals surface area contributed by atoms with Crippen molar-refractivity contribution in [3.8, 4) is 0 Å². The van der Waals surface area contributed by atoms with Crippen LogP contribution in [0.25, 0.3) is 0 Å². The molecule has 3 N–H and O–H groups in total. The summed E-state index contributed by atoms with van der Waals surface area (Å²) in [4.78, 5) is 12.3. The number of nitrogens with one attached hydrogen (secondary N) is 3. The lowest BCUT2D eigenvalue weighted by atomic mass is 9.86. The molecule has 0 radical (unpaired) electrons. The second-order valence-corrected chi connectivity index (χ2v) is 8.13. The molecule has 148 valence electrons. The van der Waals surface area contributed by atoms with Gasteiger partial charge in [-0.2, -0.15) is 0 Å². The molecule has 0 unspecified atom stereocenters. The van der Waals surface area contributed by atoms with E-state index in [-0.39, 0.29) is 17.3 Å². The van der Waals surface area contributed by atoms with Gasteiger partial charge in [0.25, 0.3) is 0 Å². The van der Waals surface area contributed by atoms with Crippen molar-refractivity contribution in [2.45, 2.75) is 44.8 Å². The lowest BCUT2D eigenvalue weighted by Gasteiger charge is -2.31. The molecule has 2 aliphatic carbocycles. The van der Waals surface area contributed by atoms with Gasteiger partial charge in [-0.15, -0.1) is 0 Å². The van der Waals surface area contributed by atoms with Crippen LogP contribution in [0.1, 0.15) is 39.2 Å². The van der Waals surface area contributed by atoms with Gasteiger partial charge in [-0.3, -0.25) is 0 Å². The third-order valence-corrected chi connectivity index (χ3v) is 5.11. The molecule has 2 aliphatic rings. The summed E-state index contributed by atoms with van der Waals surface area (Å²) < 4.78 is 33.3. The molecule has 2 saturated carbocycles. The molecular formula is C21H23F2N3O2. The summed E-state index contributed by atoms with van der Waals surface area (Å²) in [5.41, 5.74) is -1.40. The quantitative estimate of drug-likeness (QED) is 0.526. The van der Waals surface area contributed by atoms with E-state index in [2.05, 4.69) is 11.9 Å². The van der Waals surface area contributed by atoms with Gasteiger partial charge in [0.2, 0.25) is 0 Å². The zero-order valence-corrected chi connectivity index (χ0v) is 16.1. The topological polar surface area (TPSA) is 86.0 Å². The van der Waals surface area contributed by atoms with Gasteiger partial charge in [0, 0.05) is 5.92 Å². The minimum atomic E-state index is -1.08. The SMILES string of the molecule is C=C1[C@@H]2CC[C@@]1(NC(=O)OC(C)(C)C)C(=N)/C2=C\C(=N)c1c(F)cccc1F. The predicted octanol–water partition coefficient (Wildman–Crippen LogP) is 4.52. The van der Waals surface area contributed by atoms with Crippen LogP contribution < -0.4 is 5.32 Å². The first-order valence-electron chi connectivity index (χ1n) is 9.00. The Kier molecular flexibility index (Phi) is 4.73. The number of rotatable bonds is 3. The van der Waals surface area contributed by atoms with Gasteiger partial charge in [-0.1, -0.05) is 12.6 Å². The highest BCUT2D eigenvalue weighted by Crippen LogP contribution is 2.52. The number of ether oxygens (including phenoxy) is 1. The van der Waals surface area contributed by atoms with Crippen LogP contribution in [0.2, 0.25) is 0 Å². The number of amides is 1. The third-order valence-electron chi connectivity index (χ3n) is 5.11. The number of alkyl carbamates (subject to hydrolysis) is 1. The van der Waals surface area contributed by atoms with Gasteiger partial charge in [-0.25, -0.2) is 13.6 Å². The van der Waals surface area contributed by atoms with Gasteiger partial charge in [0.1, 0.15) is 22.8 Å². The molecule has 5 nitrogen and oxygen atoms in total. The third kappa shape index (κ3) is 3.25. The van der Waals surface area contributed by atoms with E-state index in [1.807, 2.05) is 0 Å². The Morgan fingerprint density at radius 2 is 1.96 bits per heavy atom. The van der Waals surface area contributed by atoms with Crippen molar-refractivity contribution < 1.29 is 18.3 Å². The van der Waals surface area contributed by atoms with Crippen molar-refractivity contribution in [1.82, 2.24) is 5.32 Å². The largest absolute Gasteiger partial charge is 0.444 e. The van der Waals surface area contributed by atoms with Crippen LogP contribution in [0.3, 0.4) is 0 Å². The highest BCUT2D eigenvalue weighted by atomic mass is 19.1. The molecule has 7 heteroatoms. The zero-order valence-electron chi connectivity index (χ0n) is 16.1. The summed E-state index contributed by atoms with van der Waals surface area (Å²) in [6.07, 6.45) is 1.76. The molecule has 1 amide bonds. The number of carbonyl (C=O) groups excluding carboxylic acids is 1. The van der Waals surface area contributed by atoms with Crippen molar-refractivity contribution in [2.75, 3.05) is 0 Å². The minimum absolute atomic E-state index is 0.0844. The molecule has 2 atom stereocenters. The molecule has 0 aliphatic heterocycles. The van der Waals surface area contributed by atoms with E-state index >= 15 is 0 Å². The Bertz CT molecular complexity index is 910. The molecular weight excluding hydrogens is 364 g/mol. The van der Waals surface area contributed by atoms with Crippen molar-refractivity contribution in [1.29, 1.82) is 10.8 Å². The monoisotopic (exact) mass is 387 g/mol. The highest BCUT2D eigenvalue weighted by Gasteiger charge is 2.56.